The molecule has 0 aliphatic heterocycles. The van der Waals surface area contributed by atoms with Crippen LogP contribution in [0.25, 0.3) is 0 Å². The van der Waals surface area contributed by atoms with Gasteiger partial charge >= 0.3 is 6.03 Å². The number of aliphatic hydroxyl groups is 1. The predicted octanol–water partition coefficient (Wildman–Crippen LogP) is 2.85. The van der Waals surface area contributed by atoms with E-state index in [2.05, 4.69) is 15.6 Å². The van der Waals surface area contributed by atoms with Gasteiger partial charge in [0.15, 0.2) is 5.13 Å². The summed E-state index contributed by atoms with van der Waals surface area (Å²) in [6.45, 7) is 1.62. The molecule has 0 spiro atoms. The molecule has 2 aromatic rings. The number of nitrogens with zero attached hydrogens (tertiary/aromatic N) is 1. The van der Waals surface area contributed by atoms with Gasteiger partial charge < -0.3 is 15.2 Å². The Morgan fingerprint density at radius 1 is 1.45 bits per heavy atom. The van der Waals surface area contributed by atoms with Gasteiger partial charge in [-0.05, 0) is 19.1 Å². The van der Waals surface area contributed by atoms with Crippen molar-refractivity contribution >= 4 is 28.2 Å². The minimum Gasteiger partial charge on any atom is -0.497 e. The minimum absolute atomic E-state index is 0.398. The topological polar surface area (TPSA) is 83.5 Å². The third kappa shape index (κ3) is 3.69. The van der Waals surface area contributed by atoms with Crippen LogP contribution in [0.5, 0.6) is 5.75 Å². The number of benzene rings is 1. The molecule has 2 rings (SSSR count). The van der Waals surface area contributed by atoms with Crippen molar-refractivity contribution in [3.05, 3.63) is 35.3 Å². The molecule has 0 saturated heterocycles. The van der Waals surface area contributed by atoms with Gasteiger partial charge in [0.2, 0.25) is 0 Å². The number of methoxy groups -OCH3 is 1. The zero-order valence-electron chi connectivity index (χ0n) is 11.1. The van der Waals surface area contributed by atoms with E-state index in [4.69, 9.17) is 4.74 Å². The van der Waals surface area contributed by atoms with Crippen molar-refractivity contribution in [1.29, 1.82) is 0 Å². The summed E-state index contributed by atoms with van der Waals surface area (Å²) in [6, 6.07) is 6.64. The number of carbonyl (C=O) groups excluding carboxylic acids is 1. The van der Waals surface area contributed by atoms with Crippen molar-refractivity contribution in [3.8, 4) is 5.75 Å². The molecule has 1 unspecified atom stereocenters. The van der Waals surface area contributed by atoms with Crippen molar-refractivity contribution < 1.29 is 14.6 Å². The van der Waals surface area contributed by atoms with Crippen LogP contribution in [0, 0.1) is 0 Å². The van der Waals surface area contributed by atoms with E-state index >= 15 is 0 Å². The second-order valence-electron chi connectivity index (χ2n) is 4.06. The number of aromatic nitrogens is 1. The van der Waals surface area contributed by atoms with Crippen molar-refractivity contribution in [3.63, 3.8) is 0 Å². The van der Waals surface area contributed by atoms with E-state index in [-0.39, 0.29) is 0 Å². The molecule has 20 heavy (non-hydrogen) atoms. The molecule has 0 aliphatic rings. The van der Waals surface area contributed by atoms with Gasteiger partial charge in [0.05, 0.1) is 18.9 Å². The van der Waals surface area contributed by atoms with Crippen LogP contribution >= 0.6 is 11.3 Å². The van der Waals surface area contributed by atoms with Crippen molar-refractivity contribution in [1.82, 2.24) is 4.98 Å². The molecule has 3 N–H and O–H groups in total. The molecule has 0 radical (unpaired) electrons. The van der Waals surface area contributed by atoms with Gasteiger partial charge in [0.1, 0.15) is 5.75 Å². The van der Waals surface area contributed by atoms with Gasteiger partial charge in [-0.25, -0.2) is 9.78 Å². The number of hydrogen-bond donors (Lipinski definition) is 3. The first kappa shape index (κ1) is 14.3. The van der Waals surface area contributed by atoms with Gasteiger partial charge in [0.25, 0.3) is 0 Å². The van der Waals surface area contributed by atoms with Gasteiger partial charge in [0, 0.05) is 17.1 Å². The van der Waals surface area contributed by atoms with E-state index < -0.39 is 12.1 Å². The van der Waals surface area contributed by atoms with Gasteiger partial charge in [-0.15, -0.1) is 11.3 Å². The number of hydrogen-bond acceptors (Lipinski definition) is 5. The molecular formula is C13H15N3O3S. The number of aliphatic hydroxyl groups excluding tert-OH is 1. The largest absolute Gasteiger partial charge is 0.497 e. The average Bonchev–Trinajstić information content (AvgIpc) is 2.87. The molecule has 1 heterocycles. The van der Waals surface area contributed by atoms with E-state index in [1.54, 1.807) is 43.7 Å². The SMILES string of the molecule is COc1cccc(NC(=O)Nc2nc(C(C)O)cs2)c1. The number of amides is 2. The van der Waals surface area contributed by atoms with Gasteiger partial charge in [-0.2, -0.15) is 0 Å². The maximum Gasteiger partial charge on any atom is 0.325 e. The molecule has 1 aromatic heterocycles. The van der Waals surface area contributed by atoms with Gasteiger partial charge in [-0.1, -0.05) is 6.07 Å². The highest BCUT2D eigenvalue weighted by Gasteiger charge is 2.09. The number of thiazole rings is 1. The molecule has 0 aliphatic carbocycles. The highest BCUT2D eigenvalue weighted by molar-refractivity contribution is 7.13. The van der Waals surface area contributed by atoms with Crippen LogP contribution in [0.4, 0.5) is 15.6 Å². The summed E-state index contributed by atoms with van der Waals surface area (Å²) < 4.78 is 5.07. The Balaban J connectivity index is 1.97. The molecule has 1 atom stereocenters. The van der Waals surface area contributed by atoms with E-state index in [0.29, 0.717) is 22.3 Å². The maximum absolute atomic E-state index is 11.8. The van der Waals surface area contributed by atoms with E-state index in [0.717, 1.165) is 0 Å². The zero-order chi connectivity index (χ0) is 14.5. The standard InChI is InChI=1S/C13H15N3O3S/c1-8(17)11-7-20-13(15-11)16-12(18)14-9-4-3-5-10(6-9)19-2/h3-8,17H,1-2H3,(H2,14,15,16,18). The highest BCUT2D eigenvalue weighted by Crippen LogP contribution is 2.21. The summed E-state index contributed by atoms with van der Waals surface area (Å²) in [4.78, 5) is 15.9. The fourth-order valence-corrected chi connectivity index (χ4v) is 2.29. The first-order valence-corrected chi connectivity index (χ1v) is 6.82. The predicted molar refractivity (Wildman–Crippen MR) is 78.4 cm³/mol. The lowest BCUT2D eigenvalue weighted by atomic mass is 10.3. The second kappa shape index (κ2) is 6.36. The lowest BCUT2D eigenvalue weighted by Gasteiger charge is -2.07. The van der Waals surface area contributed by atoms with Gasteiger partial charge in [-0.3, -0.25) is 5.32 Å². The van der Waals surface area contributed by atoms with Crippen LogP contribution in [0.2, 0.25) is 0 Å². The monoisotopic (exact) mass is 293 g/mol. The average molecular weight is 293 g/mol. The Labute approximate surface area is 120 Å². The summed E-state index contributed by atoms with van der Waals surface area (Å²) in [6.07, 6.45) is -0.650. The van der Waals surface area contributed by atoms with Crippen LogP contribution in [0.3, 0.4) is 0 Å². The van der Waals surface area contributed by atoms with Crippen molar-refractivity contribution in [2.45, 2.75) is 13.0 Å². The number of nitrogens with one attached hydrogen (secondary N) is 2. The molecule has 0 bridgehead atoms. The second-order valence-corrected chi connectivity index (χ2v) is 4.92. The van der Waals surface area contributed by atoms with Crippen LogP contribution in [0.1, 0.15) is 18.7 Å². The molecule has 106 valence electrons. The number of rotatable bonds is 4. The van der Waals surface area contributed by atoms with E-state index in [9.17, 15) is 9.90 Å². The van der Waals surface area contributed by atoms with Crippen LogP contribution in [0.15, 0.2) is 29.6 Å². The Kier molecular flexibility index (Phi) is 4.54. The Morgan fingerprint density at radius 3 is 2.90 bits per heavy atom. The molecular weight excluding hydrogens is 278 g/mol. The maximum atomic E-state index is 11.8. The molecule has 2 amide bonds. The molecule has 7 heteroatoms. The highest BCUT2D eigenvalue weighted by atomic mass is 32.1. The first-order valence-electron chi connectivity index (χ1n) is 5.94. The quantitative estimate of drug-likeness (QED) is 0.809. The number of anilines is 2. The molecule has 1 aromatic carbocycles. The number of urea groups is 1. The molecule has 0 fully saturated rings. The Bertz CT molecular complexity index is 598. The first-order chi connectivity index (χ1) is 9.58. The lowest BCUT2D eigenvalue weighted by Crippen LogP contribution is -2.19. The summed E-state index contributed by atoms with van der Waals surface area (Å²) in [5.41, 5.74) is 1.15. The fraction of sp³-hybridized carbons (Fsp3) is 0.231. The summed E-state index contributed by atoms with van der Waals surface area (Å²) >= 11 is 1.26. The Hall–Kier alpha value is -2.12. The Morgan fingerprint density at radius 2 is 2.25 bits per heavy atom. The summed E-state index contributed by atoms with van der Waals surface area (Å²) in [7, 11) is 1.56. The molecule has 6 nitrogen and oxygen atoms in total. The van der Waals surface area contributed by atoms with Crippen LogP contribution < -0.4 is 15.4 Å². The smallest absolute Gasteiger partial charge is 0.325 e. The fourth-order valence-electron chi connectivity index (χ4n) is 1.50. The lowest BCUT2D eigenvalue weighted by molar-refractivity contribution is 0.195. The van der Waals surface area contributed by atoms with Crippen molar-refractivity contribution in [2.75, 3.05) is 17.7 Å². The van der Waals surface area contributed by atoms with Crippen LogP contribution in [-0.4, -0.2) is 23.2 Å². The third-order valence-corrected chi connectivity index (χ3v) is 3.27. The number of carbonyl (C=O) groups is 1. The zero-order valence-corrected chi connectivity index (χ0v) is 11.9. The summed E-state index contributed by atoms with van der Waals surface area (Å²) in [5.74, 6) is 0.661. The third-order valence-electron chi connectivity index (χ3n) is 2.50. The summed E-state index contributed by atoms with van der Waals surface area (Å²) in [5, 5.41) is 16.8. The van der Waals surface area contributed by atoms with Crippen molar-refractivity contribution in [2.24, 2.45) is 0 Å². The van der Waals surface area contributed by atoms with E-state index in [1.807, 2.05) is 0 Å². The number of ether oxygens (including phenoxy) is 1. The van der Waals surface area contributed by atoms with Crippen LogP contribution in [-0.2, 0) is 0 Å². The minimum atomic E-state index is -0.650. The van der Waals surface area contributed by atoms with E-state index in [1.165, 1.54) is 11.3 Å². The molecule has 0 saturated carbocycles. The normalized spacial score (nSPS) is 11.8.